The van der Waals surface area contributed by atoms with Gasteiger partial charge in [-0.15, -0.1) is 0 Å². The quantitative estimate of drug-likeness (QED) is 0.243. The Morgan fingerprint density at radius 3 is 2.42 bits per heavy atom. The molecule has 0 aliphatic carbocycles. The van der Waals surface area contributed by atoms with Crippen molar-refractivity contribution in [1.29, 1.82) is 0 Å². The van der Waals surface area contributed by atoms with Crippen LogP contribution < -0.4 is 9.64 Å². The van der Waals surface area contributed by atoms with Crippen molar-refractivity contribution in [3.05, 3.63) is 41.0 Å². The first kappa shape index (κ1) is 35.7. The highest BCUT2D eigenvalue weighted by Crippen LogP contribution is 2.35. The number of Topliss-reactive ketones (excluding diaryl/α,β-unsaturated/α-hetero) is 1. The molecule has 3 atom stereocenters. The third-order valence-electron chi connectivity index (χ3n) is 7.09. The Kier molecular flexibility index (Phi) is 11.6. The fourth-order valence-electron chi connectivity index (χ4n) is 4.68. The molecule has 0 bridgehead atoms. The van der Waals surface area contributed by atoms with Crippen molar-refractivity contribution in [1.82, 2.24) is 4.90 Å². The average Bonchev–Trinajstić information content (AvgIpc) is 3.25. The molecule has 1 saturated heterocycles. The van der Waals surface area contributed by atoms with Crippen molar-refractivity contribution in [2.45, 2.75) is 91.0 Å². The number of esters is 1. The van der Waals surface area contributed by atoms with Crippen LogP contribution in [0.25, 0.3) is 6.08 Å². The normalized spacial score (nSPS) is 21.9. The van der Waals surface area contributed by atoms with Crippen molar-refractivity contribution in [2.75, 3.05) is 39.4 Å². The van der Waals surface area contributed by atoms with E-state index in [0.29, 0.717) is 11.1 Å². The maximum Gasteiger partial charge on any atom is 0.415 e. The van der Waals surface area contributed by atoms with Gasteiger partial charge in [-0.25, -0.2) is 9.59 Å². The number of carbonyl (C=O) groups excluding carboxylic acids is 4. The van der Waals surface area contributed by atoms with E-state index in [0.717, 1.165) is 0 Å². The first-order chi connectivity index (χ1) is 20.9. The van der Waals surface area contributed by atoms with Crippen molar-refractivity contribution >= 4 is 35.5 Å². The van der Waals surface area contributed by atoms with E-state index in [2.05, 4.69) is 0 Å². The zero-order chi connectivity index (χ0) is 33.7. The Labute approximate surface area is 265 Å². The first-order valence-corrected chi connectivity index (χ1v) is 14.9. The van der Waals surface area contributed by atoms with E-state index in [4.69, 9.17) is 28.4 Å². The number of cyclic esters (lactones) is 1. The van der Waals surface area contributed by atoms with Crippen molar-refractivity contribution < 1.29 is 47.6 Å². The molecule has 1 aromatic carbocycles. The number of rotatable bonds is 6. The largest absolute Gasteiger partial charge is 0.467 e. The van der Waals surface area contributed by atoms with Crippen molar-refractivity contribution in [3.8, 4) is 5.75 Å². The monoisotopic (exact) mass is 630 g/mol. The van der Waals surface area contributed by atoms with E-state index in [1.807, 2.05) is 0 Å². The van der Waals surface area contributed by atoms with E-state index in [-0.39, 0.29) is 54.9 Å². The molecule has 248 valence electrons. The molecule has 1 aromatic rings. The van der Waals surface area contributed by atoms with Crippen LogP contribution in [0.15, 0.2) is 29.9 Å². The minimum Gasteiger partial charge on any atom is -0.467 e. The van der Waals surface area contributed by atoms with Crippen LogP contribution in [-0.4, -0.2) is 92.9 Å². The molecule has 2 aliphatic heterocycles. The SMILES string of the molecule is COCOc1cc(N(CC(=O)N(C)C)C(=O)OC(C)(C)C)cc2c1C(=O)O[C@@H](C)C(C)=CCC(=O)[C@H]1OC(C)(C)O[C@H]1CC=C2. The van der Waals surface area contributed by atoms with Crippen LogP contribution >= 0.6 is 0 Å². The van der Waals surface area contributed by atoms with Crippen molar-refractivity contribution in [2.24, 2.45) is 0 Å². The predicted molar refractivity (Wildman–Crippen MR) is 167 cm³/mol. The third kappa shape index (κ3) is 9.62. The van der Waals surface area contributed by atoms with E-state index in [9.17, 15) is 19.2 Å². The lowest BCUT2D eigenvalue weighted by Gasteiger charge is -2.29. The summed E-state index contributed by atoms with van der Waals surface area (Å²) in [4.78, 5) is 55.7. The lowest BCUT2D eigenvalue weighted by molar-refractivity contribution is -0.154. The van der Waals surface area contributed by atoms with Gasteiger partial charge in [0.15, 0.2) is 18.4 Å². The number of amides is 2. The summed E-state index contributed by atoms with van der Waals surface area (Å²) in [5.74, 6) is -2.09. The molecular formula is C33H46N2O10. The molecular weight excluding hydrogens is 584 g/mol. The van der Waals surface area contributed by atoms with Crippen LogP contribution in [0.3, 0.4) is 0 Å². The topological polar surface area (TPSA) is 130 Å². The van der Waals surface area contributed by atoms with Gasteiger partial charge in [0.2, 0.25) is 5.91 Å². The van der Waals surface area contributed by atoms with E-state index >= 15 is 0 Å². The number of likely N-dealkylation sites (N-methyl/N-ethyl adjacent to an activating group) is 1. The van der Waals surface area contributed by atoms with Crippen LogP contribution in [0.2, 0.25) is 0 Å². The molecule has 2 heterocycles. The van der Waals surface area contributed by atoms with Crippen LogP contribution in [0.5, 0.6) is 5.75 Å². The maximum absolute atomic E-state index is 13.7. The number of allylic oxidation sites excluding steroid dienone is 1. The third-order valence-corrected chi connectivity index (χ3v) is 7.09. The van der Waals surface area contributed by atoms with E-state index in [1.165, 1.54) is 23.0 Å². The summed E-state index contributed by atoms with van der Waals surface area (Å²) in [6.45, 7) is 11.6. The average molecular weight is 631 g/mol. The number of carbonyl (C=O) groups is 4. The molecule has 0 N–H and O–H groups in total. The maximum atomic E-state index is 13.7. The lowest BCUT2D eigenvalue weighted by atomic mass is 9.99. The van der Waals surface area contributed by atoms with Gasteiger partial charge in [-0.2, -0.15) is 0 Å². The first-order valence-electron chi connectivity index (χ1n) is 14.9. The number of ether oxygens (including phenoxy) is 6. The number of anilines is 1. The summed E-state index contributed by atoms with van der Waals surface area (Å²) in [5.41, 5.74) is 0.483. The van der Waals surface area contributed by atoms with Crippen LogP contribution in [0.4, 0.5) is 10.5 Å². The Morgan fingerprint density at radius 2 is 1.80 bits per heavy atom. The summed E-state index contributed by atoms with van der Waals surface area (Å²) in [6, 6.07) is 3.05. The van der Waals surface area contributed by atoms with Gasteiger partial charge in [0.25, 0.3) is 0 Å². The molecule has 0 saturated carbocycles. The van der Waals surface area contributed by atoms with Gasteiger partial charge >= 0.3 is 12.1 Å². The molecule has 0 aromatic heterocycles. The summed E-state index contributed by atoms with van der Waals surface area (Å²) in [5, 5.41) is 0. The molecule has 1 fully saturated rings. The zero-order valence-electron chi connectivity index (χ0n) is 27.9. The van der Waals surface area contributed by atoms with E-state index < -0.39 is 41.8 Å². The molecule has 12 heteroatoms. The fourth-order valence-corrected chi connectivity index (χ4v) is 4.68. The number of ketones is 1. The van der Waals surface area contributed by atoms with Gasteiger partial charge in [0, 0.05) is 33.7 Å². The molecule has 0 unspecified atom stereocenters. The Bertz CT molecular complexity index is 1340. The molecule has 12 nitrogen and oxygen atoms in total. The highest BCUT2D eigenvalue weighted by molar-refractivity contribution is 6.00. The van der Waals surface area contributed by atoms with Crippen LogP contribution in [-0.2, 0) is 33.3 Å². The summed E-state index contributed by atoms with van der Waals surface area (Å²) < 4.78 is 34.5. The Morgan fingerprint density at radius 1 is 1.11 bits per heavy atom. The van der Waals surface area contributed by atoms with Gasteiger partial charge in [-0.05, 0) is 72.1 Å². The second kappa shape index (κ2) is 14.6. The summed E-state index contributed by atoms with van der Waals surface area (Å²) >= 11 is 0. The van der Waals surface area contributed by atoms with Gasteiger partial charge in [0.05, 0.1) is 11.8 Å². The molecule has 3 rings (SSSR count). The van der Waals surface area contributed by atoms with E-state index in [1.54, 1.807) is 86.9 Å². The molecule has 45 heavy (non-hydrogen) atoms. The van der Waals surface area contributed by atoms with Gasteiger partial charge in [-0.3, -0.25) is 14.5 Å². The number of benzene rings is 1. The number of fused-ring (bicyclic) bond motifs is 2. The minimum atomic E-state index is -0.961. The highest BCUT2D eigenvalue weighted by atomic mass is 16.8. The predicted octanol–water partition coefficient (Wildman–Crippen LogP) is 4.89. The summed E-state index contributed by atoms with van der Waals surface area (Å²) in [6.07, 6.45) is 2.70. The Balaban J connectivity index is 2.22. The fraction of sp³-hybridized carbons (Fsp3) is 0.576. The number of hydrogen-bond donors (Lipinski definition) is 0. The molecule has 2 aliphatic rings. The van der Waals surface area contributed by atoms with Crippen molar-refractivity contribution in [3.63, 3.8) is 0 Å². The minimum absolute atomic E-state index is 0.0698. The number of nitrogens with zero attached hydrogens (tertiary/aromatic N) is 2. The lowest BCUT2D eigenvalue weighted by Crippen LogP contribution is -2.43. The van der Waals surface area contributed by atoms with Crippen LogP contribution in [0.1, 0.15) is 77.2 Å². The highest BCUT2D eigenvalue weighted by Gasteiger charge is 2.44. The van der Waals surface area contributed by atoms with Gasteiger partial charge < -0.3 is 33.3 Å². The molecule has 0 spiro atoms. The standard InChI is InChI=1S/C33H46N2O10/c1-20-14-15-24(36)29-25(43-33(6,7)44-29)13-11-12-22-16-23(17-26(41-19-40-10)28(22)30(38)42-21(20)2)35(18-27(37)34(8)9)31(39)45-32(3,4)5/h11-12,14,16-17,21,25,29H,13,15,18-19H2,1-10H3/t21-,25-,29+/m0/s1. The van der Waals surface area contributed by atoms with Gasteiger partial charge in [0.1, 0.15) is 35.7 Å². The van der Waals surface area contributed by atoms with Crippen LogP contribution in [0, 0.1) is 0 Å². The Hall–Kier alpha value is -3.74. The zero-order valence-corrected chi connectivity index (χ0v) is 27.9. The number of methoxy groups -OCH3 is 1. The number of hydrogen-bond acceptors (Lipinski definition) is 10. The molecule has 0 radical (unpaired) electrons. The second-order valence-electron chi connectivity index (χ2n) is 12.7. The smallest absolute Gasteiger partial charge is 0.415 e. The second-order valence-corrected chi connectivity index (χ2v) is 12.7. The molecule has 2 amide bonds. The van der Waals surface area contributed by atoms with Gasteiger partial charge in [-0.1, -0.05) is 18.2 Å². The summed E-state index contributed by atoms with van der Waals surface area (Å²) in [7, 11) is 4.59.